The molecular weight excluding hydrogens is 230 g/mol. The number of nitrogens with zero attached hydrogens (tertiary/aromatic N) is 2. The van der Waals surface area contributed by atoms with Gasteiger partial charge in [0.25, 0.3) is 0 Å². The van der Waals surface area contributed by atoms with Crippen molar-refractivity contribution >= 4 is 9.84 Å². The second-order valence-electron chi connectivity index (χ2n) is 3.72. The molecule has 0 saturated heterocycles. The van der Waals surface area contributed by atoms with Crippen LogP contribution in [0.25, 0.3) is 0 Å². The highest BCUT2D eigenvalue weighted by atomic mass is 32.2. The summed E-state index contributed by atoms with van der Waals surface area (Å²) in [6.07, 6.45) is 2.54. The lowest BCUT2D eigenvalue weighted by molar-refractivity contribution is 0.372. The Kier molecular flexibility index (Phi) is 4.88. The molecule has 0 fully saturated rings. The maximum absolute atomic E-state index is 10.8. The van der Waals surface area contributed by atoms with Crippen molar-refractivity contribution in [3.63, 3.8) is 0 Å². The van der Waals surface area contributed by atoms with Crippen LogP contribution in [0.5, 0.6) is 0 Å². The van der Waals surface area contributed by atoms with Crippen LogP contribution < -0.4 is 5.32 Å². The molecule has 6 nitrogen and oxygen atoms in total. The van der Waals surface area contributed by atoms with E-state index in [0.717, 1.165) is 0 Å². The topological polar surface area (TPSA) is 85.1 Å². The highest BCUT2D eigenvalue weighted by molar-refractivity contribution is 7.90. The first-order valence-corrected chi connectivity index (χ1v) is 7.21. The molecule has 0 atom stereocenters. The van der Waals surface area contributed by atoms with Gasteiger partial charge in [-0.3, -0.25) is 0 Å². The van der Waals surface area contributed by atoms with E-state index in [1.165, 1.54) is 6.26 Å². The predicted molar refractivity (Wildman–Crippen MR) is 59.9 cm³/mol. The van der Waals surface area contributed by atoms with E-state index < -0.39 is 9.84 Å². The average Bonchev–Trinajstić information content (AvgIpc) is 2.56. The zero-order valence-corrected chi connectivity index (χ0v) is 10.4. The fraction of sp³-hybridized carbons (Fsp3) is 0.778. The van der Waals surface area contributed by atoms with Gasteiger partial charge in [0.1, 0.15) is 9.84 Å². The molecule has 0 spiro atoms. The lowest BCUT2D eigenvalue weighted by Crippen LogP contribution is -2.20. The standard InChI is InChI=1S/C9H17N3O3S/c1-8-11-9(15-12-8)4-6-10-5-3-7-16(2,13)14/h10H,3-7H2,1-2H3. The lowest BCUT2D eigenvalue weighted by Gasteiger charge is -2.01. The average molecular weight is 247 g/mol. The molecule has 16 heavy (non-hydrogen) atoms. The number of nitrogens with one attached hydrogen (secondary N) is 1. The summed E-state index contributed by atoms with van der Waals surface area (Å²) in [7, 11) is -2.84. The van der Waals surface area contributed by atoms with E-state index in [4.69, 9.17) is 4.52 Å². The Hall–Kier alpha value is -0.950. The molecule has 1 heterocycles. The number of aromatic nitrogens is 2. The van der Waals surface area contributed by atoms with Gasteiger partial charge in [0.05, 0.1) is 5.75 Å². The number of rotatable bonds is 7. The van der Waals surface area contributed by atoms with E-state index in [2.05, 4.69) is 15.5 Å². The van der Waals surface area contributed by atoms with Crippen molar-refractivity contribution in [1.82, 2.24) is 15.5 Å². The van der Waals surface area contributed by atoms with Crippen molar-refractivity contribution in [3.05, 3.63) is 11.7 Å². The van der Waals surface area contributed by atoms with E-state index in [0.29, 0.717) is 37.6 Å². The minimum absolute atomic E-state index is 0.222. The SMILES string of the molecule is Cc1noc(CCNCCCS(C)(=O)=O)n1. The monoisotopic (exact) mass is 247 g/mol. The van der Waals surface area contributed by atoms with E-state index in [-0.39, 0.29) is 5.75 Å². The fourth-order valence-corrected chi connectivity index (χ4v) is 1.89. The molecular formula is C9H17N3O3S. The van der Waals surface area contributed by atoms with Crippen LogP contribution in [-0.2, 0) is 16.3 Å². The van der Waals surface area contributed by atoms with Crippen LogP contribution in [0.2, 0.25) is 0 Å². The highest BCUT2D eigenvalue weighted by Crippen LogP contribution is 1.95. The predicted octanol–water partition coefficient (Wildman–Crippen LogP) is -0.0552. The summed E-state index contributed by atoms with van der Waals surface area (Å²) >= 11 is 0. The first-order chi connectivity index (χ1) is 7.47. The van der Waals surface area contributed by atoms with E-state index >= 15 is 0 Å². The Balaban J connectivity index is 2.04. The maximum atomic E-state index is 10.8. The third kappa shape index (κ3) is 5.82. The van der Waals surface area contributed by atoms with Gasteiger partial charge in [0.15, 0.2) is 5.82 Å². The van der Waals surface area contributed by atoms with Gasteiger partial charge in [-0.2, -0.15) is 4.98 Å². The van der Waals surface area contributed by atoms with Gasteiger partial charge in [-0.1, -0.05) is 5.16 Å². The quantitative estimate of drug-likeness (QED) is 0.680. The molecule has 0 aromatic carbocycles. The van der Waals surface area contributed by atoms with Crippen LogP contribution in [-0.4, -0.2) is 43.7 Å². The van der Waals surface area contributed by atoms with Crippen LogP contribution in [0, 0.1) is 6.92 Å². The third-order valence-electron chi connectivity index (χ3n) is 1.95. The molecule has 0 bridgehead atoms. The minimum Gasteiger partial charge on any atom is -0.339 e. The van der Waals surface area contributed by atoms with Gasteiger partial charge >= 0.3 is 0 Å². The van der Waals surface area contributed by atoms with Gasteiger partial charge in [-0.15, -0.1) is 0 Å². The minimum atomic E-state index is -2.84. The second kappa shape index (κ2) is 5.95. The maximum Gasteiger partial charge on any atom is 0.227 e. The smallest absolute Gasteiger partial charge is 0.227 e. The molecule has 1 N–H and O–H groups in total. The molecule has 1 rings (SSSR count). The molecule has 0 aliphatic heterocycles. The van der Waals surface area contributed by atoms with Gasteiger partial charge in [0, 0.05) is 19.2 Å². The molecule has 0 radical (unpaired) electrons. The summed E-state index contributed by atoms with van der Waals surface area (Å²) in [5.41, 5.74) is 0. The Labute approximate surface area is 95.3 Å². The van der Waals surface area contributed by atoms with E-state index in [1.54, 1.807) is 6.92 Å². The first-order valence-electron chi connectivity index (χ1n) is 5.15. The Bertz CT molecular complexity index is 413. The number of hydrogen-bond donors (Lipinski definition) is 1. The van der Waals surface area contributed by atoms with Crippen molar-refractivity contribution < 1.29 is 12.9 Å². The van der Waals surface area contributed by atoms with Crippen LogP contribution in [0.1, 0.15) is 18.1 Å². The van der Waals surface area contributed by atoms with Crippen molar-refractivity contribution in [2.75, 3.05) is 25.1 Å². The Morgan fingerprint density at radius 1 is 1.38 bits per heavy atom. The molecule has 1 aromatic heterocycles. The largest absolute Gasteiger partial charge is 0.339 e. The van der Waals surface area contributed by atoms with Gasteiger partial charge in [-0.25, -0.2) is 8.42 Å². The summed E-state index contributed by atoms with van der Waals surface area (Å²) in [6, 6.07) is 0. The van der Waals surface area contributed by atoms with Crippen molar-refractivity contribution in [2.45, 2.75) is 19.8 Å². The van der Waals surface area contributed by atoms with Gasteiger partial charge < -0.3 is 9.84 Å². The van der Waals surface area contributed by atoms with Crippen LogP contribution in [0.3, 0.4) is 0 Å². The zero-order valence-electron chi connectivity index (χ0n) is 9.56. The van der Waals surface area contributed by atoms with Crippen LogP contribution >= 0.6 is 0 Å². The van der Waals surface area contributed by atoms with Gasteiger partial charge in [0.2, 0.25) is 5.89 Å². The van der Waals surface area contributed by atoms with Crippen molar-refractivity contribution in [1.29, 1.82) is 0 Å². The Morgan fingerprint density at radius 3 is 2.69 bits per heavy atom. The molecule has 1 aromatic rings. The molecule has 7 heteroatoms. The Morgan fingerprint density at radius 2 is 2.12 bits per heavy atom. The molecule has 0 unspecified atom stereocenters. The normalized spacial score (nSPS) is 11.9. The van der Waals surface area contributed by atoms with E-state index in [1.807, 2.05) is 0 Å². The summed E-state index contributed by atoms with van der Waals surface area (Å²) in [5, 5.41) is 6.79. The van der Waals surface area contributed by atoms with Gasteiger partial charge in [-0.05, 0) is 19.9 Å². The third-order valence-corrected chi connectivity index (χ3v) is 2.98. The number of sulfone groups is 1. The lowest BCUT2D eigenvalue weighted by atomic mass is 10.4. The molecule has 92 valence electrons. The summed E-state index contributed by atoms with van der Waals surface area (Å²) in [4.78, 5) is 4.05. The highest BCUT2D eigenvalue weighted by Gasteiger charge is 2.03. The molecule has 0 aliphatic rings. The first kappa shape index (κ1) is 13.1. The zero-order chi connectivity index (χ0) is 12.0. The van der Waals surface area contributed by atoms with E-state index in [9.17, 15) is 8.42 Å². The summed E-state index contributed by atoms with van der Waals surface area (Å²) in [5.74, 6) is 1.46. The number of aryl methyl sites for hydroxylation is 1. The molecule has 0 aliphatic carbocycles. The summed E-state index contributed by atoms with van der Waals surface area (Å²) < 4.78 is 26.6. The van der Waals surface area contributed by atoms with Crippen LogP contribution in [0.4, 0.5) is 0 Å². The molecule has 0 saturated carbocycles. The molecule has 0 amide bonds. The fourth-order valence-electron chi connectivity index (χ4n) is 1.22. The summed E-state index contributed by atoms with van der Waals surface area (Å²) in [6.45, 7) is 3.16. The second-order valence-corrected chi connectivity index (χ2v) is 5.98. The van der Waals surface area contributed by atoms with Crippen molar-refractivity contribution in [3.8, 4) is 0 Å². The van der Waals surface area contributed by atoms with Crippen LogP contribution in [0.15, 0.2) is 4.52 Å². The van der Waals surface area contributed by atoms with Crippen molar-refractivity contribution in [2.24, 2.45) is 0 Å². The number of hydrogen-bond acceptors (Lipinski definition) is 6.